The van der Waals surface area contributed by atoms with E-state index < -0.39 is 24.0 Å². The first-order valence-electron chi connectivity index (χ1n) is 8.49. The number of benzene rings is 1. The standard InChI is InChI=1S/C19H14F2N4OS3/c1-9-17(28-10(2)23-9)16-18(14-7-27-8-22-14)29-19(25-16)24-15(26)6-11-12(20)4-3-5-13(11)21/h3-5,7-8H,6H2,1-2H3,(H,24,25,26). The molecule has 0 bridgehead atoms. The number of amides is 1. The molecule has 0 unspecified atom stereocenters. The first kappa shape index (κ1) is 19.7. The Labute approximate surface area is 177 Å². The summed E-state index contributed by atoms with van der Waals surface area (Å²) in [6, 6.07) is 3.52. The minimum Gasteiger partial charge on any atom is -0.302 e. The van der Waals surface area contributed by atoms with Crippen molar-refractivity contribution >= 4 is 45.0 Å². The van der Waals surface area contributed by atoms with Crippen molar-refractivity contribution in [3.05, 3.63) is 57.0 Å². The summed E-state index contributed by atoms with van der Waals surface area (Å²) in [5.41, 5.74) is 3.75. The van der Waals surface area contributed by atoms with Crippen LogP contribution in [0.25, 0.3) is 21.1 Å². The van der Waals surface area contributed by atoms with Crippen molar-refractivity contribution in [3.8, 4) is 21.1 Å². The van der Waals surface area contributed by atoms with Crippen molar-refractivity contribution in [3.63, 3.8) is 0 Å². The second-order valence-corrected chi connectivity index (χ2v) is 9.06. The average molecular weight is 449 g/mol. The van der Waals surface area contributed by atoms with Crippen molar-refractivity contribution < 1.29 is 13.6 Å². The minimum absolute atomic E-state index is 0.268. The summed E-state index contributed by atoms with van der Waals surface area (Å²) in [6.07, 6.45) is -0.419. The van der Waals surface area contributed by atoms with Crippen molar-refractivity contribution in [1.82, 2.24) is 15.0 Å². The molecule has 4 rings (SSSR count). The third-order valence-corrected chi connectivity index (χ3v) is 6.72. The van der Waals surface area contributed by atoms with Crippen LogP contribution < -0.4 is 5.32 Å². The molecule has 29 heavy (non-hydrogen) atoms. The zero-order chi connectivity index (χ0) is 20.5. The molecule has 0 aliphatic carbocycles. The molecule has 3 aromatic heterocycles. The maximum absolute atomic E-state index is 13.8. The molecule has 0 saturated carbocycles. The fraction of sp³-hybridized carbons (Fsp3) is 0.158. The van der Waals surface area contributed by atoms with E-state index in [4.69, 9.17) is 0 Å². The van der Waals surface area contributed by atoms with Crippen molar-refractivity contribution in [2.24, 2.45) is 0 Å². The van der Waals surface area contributed by atoms with Gasteiger partial charge < -0.3 is 5.32 Å². The predicted molar refractivity (Wildman–Crippen MR) is 112 cm³/mol. The summed E-state index contributed by atoms with van der Waals surface area (Å²) in [7, 11) is 0. The first-order valence-corrected chi connectivity index (χ1v) is 11.1. The smallest absolute Gasteiger partial charge is 0.230 e. The lowest BCUT2D eigenvalue weighted by atomic mass is 10.1. The molecule has 148 valence electrons. The highest BCUT2D eigenvalue weighted by molar-refractivity contribution is 7.21. The van der Waals surface area contributed by atoms with E-state index in [-0.39, 0.29) is 5.56 Å². The van der Waals surface area contributed by atoms with Crippen LogP contribution in [0.4, 0.5) is 13.9 Å². The number of halogens is 2. The minimum atomic E-state index is -0.751. The Balaban J connectivity index is 1.66. The number of hydrogen-bond acceptors (Lipinski definition) is 7. The summed E-state index contributed by atoms with van der Waals surface area (Å²) in [6.45, 7) is 3.82. The molecule has 10 heteroatoms. The molecule has 5 nitrogen and oxygen atoms in total. The zero-order valence-corrected chi connectivity index (χ0v) is 17.8. The molecule has 4 aromatic rings. The van der Waals surface area contributed by atoms with E-state index in [1.807, 2.05) is 19.2 Å². The molecular formula is C19H14F2N4OS3. The number of anilines is 1. The summed E-state index contributed by atoms with van der Waals surface area (Å²) in [5.74, 6) is -2.05. The highest BCUT2D eigenvalue weighted by Gasteiger charge is 2.22. The highest BCUT2D eigenvalue weighted by Crippen LogP contribution is 2.42. The summed E-state index contributed by atoms with van der Waals surface area (Å²) in [5, 5.41) is 5.82. The Morgan fingerprint density at radius 1 is 1.10 bits per heavy atom. The Morgan fingerprint density at radius 2 is 1.86 bits per heavy atom. The first-order chi connectivity index (χ1) is 13.9. The lowest BCUT2D eigenvalue weighted by Gasteiger charge is -2.04. The van der Waals surface area contributed by atoms with Gasteiger partial charge in [-0.2, -0.15) is 0 Å². The van der Waals surface area contributed by atoms with Gasteiger partial charge in [0.15, 0.2) is 5.13 Å². The van der Waals surface area contributed by atoms with Gasteiger partial charge >= 0.3 is 0 Å². The summed E-state index contributed by atoms with van der Waals surface area (Å²) < 4.78 is 27.7. The average Bonchev–Trinajstić information content (AvgIpc) is 3.38. The number of nitrogens with one attached hydrogen (secondary N) is 1. The van der Waals surface area contributed by atoms with Crippen molar-refractivity contribution in [2.45, 2.75) is 20.3 Å². The number of carbonyl (C=O) groups excluding carboxylic acids is 1. The van der Waals surface area contributed by atoms with Crippen LogP contribution in [0.5, 0.6) is 0 Å². The molecule has 1 N–H and O–H groups in total. The maximum Gasteiger partial charge on any atom is 0.230 e. The monoisotopic (exact) mass is 448 g/mol. The van der Waals surface area contributed by atoms with E-state index in [2.05, 4.69) is 20.3 Å². The molecule has 0 radical (unpaired) electrons. The largest absolute Gasteiger partial charge is 0.302 e. The van der Waals surface area contributed by atoms with Crippen molar-refractivity contribution in [2.75, 3.05) is 5.32 Å². The van der Waals surface area contributed by atoms with Crippen LogP contribution in [0.15, 0.2) is 29.1 Å². The summed E-state index contributed by atoms with van der Waals surface area (Å²) >= 11 is 4.25. The molecule has 1 aromatic carbocycles. The highest BCUT2D eigenvalue weighted by atomic mass is 32.1. The second-order valence-electron chi connectivity index (χ2n) is 6.14. The Hall–Kier alpha value is -2.56. The topological polar surface area (TPSA) is 67.8 Å². The Kier molecular flexibility index (Phi) is 5.48. The van der Waals surface area contributed by atoms with Gasteiger partial charge in [-0.3, -0.25) is 4.79 Å². The quantitative estimate of drug-likeness (QED) is 0.440. The normalized spacial score (nSPS) is 11.0. The molecule has 0 saturated heterocycles. The molecule has 3 heterocycles. The van der Waals surface area contributed by atoms with Gasteiger partial charge in [-0.05, 0) is 26.0 Å². The van der Waals surface area contributed by atoms with Gasteiger partial charge in [0.1, 0.15) is 17.3 Å². The number of aromatic nitrogens is 3. The van der Waals surface area contributed by atoms with Gasteiger partial charge in [0.05, 0.1) is 38.1 Å². The number of thiazole rings is 3. The van der Waals surface area contributed by atoms with Crippen molar-refractivity contribution in [1.29, 1.82) is 0 Å². The third-order valence-electron chi connectivity index (χ3n) is 4.06. The van der Waals surface area contributed by atoms with E-state index in [1.165, 1.54) is 40.1 Å². The summed E-state index contributed by atoms with van der Waals surface area (Å²) in [4.78, 5) is 27.5. The van der Waals surface area contributed by atoms with E-state index in [0.717, 1.165) is 38.3 Å². The predicted octanol–water partition coefficient (Wildman–Crippen LogP) is 5.47. The van der Waals surface area contributed by atoms with Gasteiger partial charge in [-0.1, -0.05) is 17.4 Å². The number of rotatable bonds is 5. The van der Waals surface area contributed by atoms with E-state index in [0.29, 0.717) is 10.8 Å². The number of hydrogen-bond donors (Lipinski definition) is 1. The van der Waals surface area contributed by atoms with Gasteiger partial charge in [0.25, 0.3) is 0 Å². The lowest BCUT2D eigenvalue weighted by molar-refractivity contribution is -0.115. The van der Waals surface area contributed by atoms with E-state index >= 15 is 0 Å². The molecule has 0 atom stereocenters. The van der Waals surface area contributed by atoms with Crippen LogP contribution in [0.3, 0.4) is 0 Å². The maximum atomic E-state index is 13.8. The molecule has 0 fully saturated rings. The molecule has 0 spiro atoms. The molecule has 0 aliphatic rings. The van der Waals surface area contributed by atoms with Crippen LogP contribution in [0.2, 0.25) is 0 Å². The molecular weight excluding hydrogens is 434 g/mol. The fourth-order valence-electron chi connectivity index (χ4n) is 2.80. The zero-order valence-electron chi connectivity index (χ0n) is 15.3. The van der Waals surface area contributed by atoms with Crippen LogP contribution in [0.1, 0.15) is 16.3 Å². The Morgan fingerprint density at radius 3 is 2.48 bits per heavy atom. The van der Waals surface area contributed by atoms with Gasteiger partial charge in [-0.25, -0.2) is 23.7 Å². The second kappa shape index (κ2) is 8.05. The van der Waals surface area contributed by atoms with Gasteiger partial charge in [-0.15, -0.1) is 22.7 Å². The number of carbonyl (C=O) groups is 1. The Bertz CT molecular complexity index is 1160. The van der Waals surface area contributed by atoms with Gasteiger partial charge in [0, 0.05) is 10.9 Å². The fourth-order valence-corrected chi connectivity index (χ4v) is 5.36. The third kappa shape index (κ3) is 4.09. The molecule has 1 amide bonds. The SMILES string of the molecule is Cc1nc(C)c(-c2nc(NC(=O)Cc3c(F)cccc3F)sc2-c2cscn2)s1. The van der Waals surface area contributed by atoms with E-state index in [1.54, 1.807) is 5.51 Å². The van der Waals surface area contributed by atoms with E-state index in [9.17, 15) is 13.6 Å². The van der Waals surface area contributed by atoms with Crippen LogP contribution in [0, 0.1) is 25.5 Å². The lowest BCUT2D eigenvalue weighted by Crippen LogP contribution is -2.16. The van der Waals surface area contributed by atoms with Crippen LogP contribution in [-0.4, -0.2) is 20.9 Å². The number of aryl methyl sites for hydroxylation is 2. The molecule has 0 aliphatic heterocycles. The number of nitrogens with zero attached hydrogens (tertiary/aromatic N) is 3. The van der Waals surface area contributed by atoms with Gasteiger partial charge in [0.2, 0.25) is 5.91 Å². The van der Waals surface area contributed by atoms with Crippen LogP contribution >= 0.6 is 34.0 Å². The van der Waals surface area contributed by atoms with Crippen LogP contribution in [-0.2, 0) is 11.2 Å².